The van der Waals surface area contributed by atoms with Gasteiger partial charge in [0.05, 0.1) is 12.7 Å². The Bertz CT molecular complexity index is 572. The fraction of sp³-hybridized carbons (Fsp3) is 0.471. The van der Waals surface area contributed by atoms with Crippen LogP contribution in [0.15, 0.2) is 24.3 Å². The fourth-order valence-corrected chi connectivity index (χ4v) is 1.93. The second-order valence-corrected chi connectivity index (χ2v) is 6.18. The second kappa shape index (κ2) is 7.76. The van der Waals surface area contributed by atoms with E-state index in [2.05, 4.69) is 10.1 Å². The Labute approximate surface area is 136 Å². The van der Waals surface area contributed by atoms with E-state index in [-0.39, 0.29) is 12.3 Å². The summed E-state index contributed by atoms with van der Waals surface area (Å²) in [6, 6.07) is 5.94. The molecule has 0 aromatic heterocycles. The van der Waals surface area contributed by atoms with Crippen molar-refractivity contribution in [1.82, 2.24) is 5.32 Å². The van der Waals surface area contributed by atoms with Gasteiger partial charge in [-0.1, -0.05) is 12.1 Å². The molecule has 0 radical (unpaired) electrons. The average Bonchev–Trinajstić information content (AvgIpc) is 2.44. The highest BCUT2D eigenvalue weighted by Gasteiger charge is 2.21. The van der Waals surface area contributed by atoms with Gasteiger partial charge in [-0.15, -0.1) is 0 Å². The highest BCUT2D eigenvalue weighted by atomic mass is 16.6. The zero-order valence-electron chi connectivity index (χ0n) is 14.1. The van der Waals surface area contributed by atoms with Crippen LogP contribution in [0.3, 0.4) is 0 Å². The van der Waals surface area contributed by atoms with Crippen LogP contribution in [0.4, 0.5) is 0 Å². The summed E-state index contributed by atoms with van der Waals surface area (Å²) in [5.74, 6) is -1.24. The Morgan fingerprint density at radius 2 is 1.70 bits per heavy atom. The molecule has 1 aromatic carbocycles. The van der Waals surface area contributed by atoms with Crippen LogP contribution in [0, 0.1) is 0 Å². The van der Waals surface area contributed by atoms with Gasteiger partial charge in [-0.2, -0.15) is 0 Å². The van der Waals surface area contributed by atoms with Crippen molar-refractivity contribution in [3.63, 3.8) is 0 Å². The van der Waals surface area contributed by atoms with E-state index in [1.165, 1.54) is 14.0 Å². The van der Waals surface area contributed by atoms with Gasteiger partial charge in [0.2, 0.25) is 5.91 Å². The number of benzene rings is 1. The molecule has 0 bridgehead atoms. The fourth-order valence-electron chi connectivity index (χ4n) is 1.93. The number of ether oxygens (including phenoxy) is 2. The van der Waals surface area contributed by atoms with Crippen LogP contribution < -0.4 is 5.32 Å². The van der Waals surface area contributed by atoms with Crippen LogP contribution in [-0.2, 0) is 25.5 Å². The van der Waals surface area contributed by atoms with Crippen molar-refractivity contribution in [3.05, 3.63) is 35.4 Å². The first-order chi connectivity index (χ1) is 10.6. The Morgan fingerprint density at radius 1 is 1.13 bits per heavy atom. The molecular formula is C17H23NO5. The lowest BCUT2D eigenvalue weighted by atomic mass is 10.0. The van der Waals surface area contributed by atoms with Crippen molar-refractivity contribution < 1.29 is 23.9 Å². The molecule has 23 heavy (non-hydrogen) atoms. The van der Waals surface area contributed by atoms with Crippen LogP contribution in [0.5, 0.6) is 0 Å². The number of hydrogen-bond acceptors (Lipinski definition) is 5. The van der Waals surface area contributed by atoms with E-state index in [1.54, 1.807) is 45.0 Å². The number of amides is 1. The normalized spacial score (nSPS) is 12.2. The van der Waals surface area contributed by atoms with Crippen molar-refractivity contribution in [2.24, 2.45) is 0 Å². The molecule has 126 valence electrons. The zero-order valence-corrected chi connectivity index (χ0v) is 14.1. The van der Waals surface area contributed by atoms with Crippen molar-refractivity contribution in [3.8, 4) is 0 Å². The first kappa shape index (κ1) is 18.7. The lowest BCUT2D eigenvalue weighted by Gasteiger charge is -2.19. The first-order valence-electron chi connectivity index (χ1n) is 7.29. The van der Waals surface area contributed by atoms with Crippen LogP contribution in [-0.4, -0.2) is 36.6 Å². The number of carbonyl (C=O) groups is 3. The summed E-state index contributed by atoms with van der Waals surface area (Å²) < 4.78 is 9.96. The monoisotopic (exact) mass is 321 g/mol. The van der Waals surface area contributed by atoms with Crippen molar-refractivity contribution in [2.75, 3.05) is 7.11 Å². The standard InChI is InChI=1S/C17H23NO5/c1-11(19)18-14(16(21)22-5)10-12-6-8-13(9-7-12)15(20)23-17(2,3)4/h6-9,14H,10H2,1-5H3,(H,18,19)/t14-/m0/s1. The third-order valence-corrected chi connectivity index (χ3v) is 2.89. The minimum Gasteiger partial charge on any atom is -0.467 e. The van der Waals surface area contributed by atoms with E-state index in [1.807, 2.05) is 0 Å². The van der Waals surface area contributed by atoms with E-state index in [0.717, 1.165) is 5.56 Å². The van der Waals surface area contributed by atoms with E-state index in [9.17, 15) is 14.4 Å². The van der Waals surface area contributed by atoms with Gasteiger partial charge in [-0.05, 0) is 38.5 Å². The molecule has 0 aliphatic rings. The first-order valence-corrected chi connectivity index (χ1v) is 7.29. The van der Waals surface area contributed by atoms with Crippen LogP contribution >= 0.6 is 0 Å². The maximum absolute atomic E-state index is 11.9. The molecule has 0 unspecified atom stereocenters. The molecule has 0 saturated carbocycles. The van der Waals surface area contributed by atoms with Crippen LogP contribution in [0.1, 0.15) is 43.6 Å². The summed E-state index contributed by atoms with van der Waals surface area (Å²) in [6.07, 6.45) is 0.279. The minimum atomic E-state index is -0.759. The van der Waals surface area contributed by atoms with Gasteiger partial charge in [-0.25, -0.2) is 9.59 Å². The summed E-state index contributed by atoms with van der Waals surface area (Å²) in [6.45, 7) is 6.73. The Hall–Kier alpha value is -2.37. The molecule has 6 nitrogen and oxygen atoms in total. The van der Waals surface area contributed by atoms with Gasteiger partial charge in [0.15, 0.2) is 0 Å². The second-order valence-electron chi connectivity index (χ2n) is 6.18. The number of nitrogens with one attached hydrogen (secondary N) is 1. The molecule has 1 aromatic rings. The van der Waals surface area contributed by atoms with Gasteiger partial charge in [0.25, 0.3) is 0 Å². The molecule has 0 aliphatic carbocycles. The highest BCUT2D eigenvalue weighted by molar-refractivity contribution is 5.89. The van der Waals surface area contributed by atoms with Crippen LogP contribution in [0.25, 0.3) is 0 Å². The summed E-state index contributed by atoms with van der Waals surface area (Å²) in [5.41, 5.74) is 0.663. The van der Waals surface area contributed by atoms with Gasteiger partial charge >= 0.3 is 11.9 Å². The molecule has 1 rings (SSSR count). The predicted molar refractivity (Wildman–Crippen MR) is 84.9 cm³/mol. The predicted octanol–water partition coefficient (Wildman–Crippen LogP) is 1.86. The molecule has 1 atom stereocenters. The molecule has 0 saturated heterocycles. The average molecular weight is 321 g/mol. The van der Waals surface area contributed by atoms with Gasteiger partial charge < -0.3 is 14.8 Å². The Balaban J connectivity index is 2.80. The summed E-state index contributed by atoms with van der Waals surface area (Å²) in [4.78, 5) is 34.8. The van der Waals surface area contributed by atoms with E-state index in [4.69, 9.17) is 4.74 Å². The van der Waals surface area contributed by atoms with Gasteiger partial charge in [0, 0.05) is 13.3 Å². The summed E-state index contributed by atoms with van der Waals surface area (Å²) >= 11 is 0. The Kier molecular flexibility index (Phi) is 6.30. The largest absolute Gasteiger partial charge is 0.467 e. The lowest BCUT2D eigenvalue weighted by Crippen LogP contribution is -2.41. The smallest absolute Gasteiger partial charge is 0.338 e. The number of esters is 2. The molecule has 0 heterocycles. The molecular weight excluding hydrogens is 298 g/mol. The van der Waals surface area contributed by atoms with E-state index in [0.29, 0.717) is 5.56 Å². The van der Waals surface area contributed by atoms with Crippen molar-refractivity contribution >= 4 is 17.8 Å². The van der Waals surface area contributed by atoms with Gasteiger partial charge in [0.1, 0.15) is 11.6 Å². The van der Waals surface area contributed by atoms with E-state index >= 15 is 0 Å². The maximum Gasteiger partial charge on any atom is 0.338 e. The third-order valence-electron chi connectivity index (χ3n) is 2.89. The molecule has 1 N–H and O–H groups in total. The molecule has 0 spiro atoms. The summed E-state index contributed by atoms with van der Waals surface area (Å²) in [7, 11) is 1.27. The zero-order chi connectivity index (χ0) is 17.6. The van der Waals surface area contributed by atoms with Gasteiger partial charge in [-0.3, -0.25) is 4.79 Å². The number of rotatable bonds is 5. The minimum absolute atomic E-state index is 0.279. The van der Waals surface area contributed by atoms with E-state index < -0.39 is 23.6 Å². The van der Waals surface area contributed by atoms with Crippen molar-refractivity contribution in [2.45, 2.75) is 45.8 Å². The maximum atomic E-state index is 11.9. The SMILES string of the molecule is COC(=O)[C@H](Cc1ccc(C(=O)OC(C)(C)C)cc1)NC(C)=O. The number of methoxy groups -OCH3 is 1. The highest BCUT2D eigenvalue weighted by Crippen LogP contribution is 2.14. The molecule has 0 fully saturated rings. The molecule has 0 aliphatic heterocycles. The summed E-state index contributed by atoms with van der Waals surface area (Å²) in [5, 5.41) is 2.54. The number of carbonyl (C=O) groups excluding carboxylic acids is 3. The Morgan fingerprint density at radius 3 is 2.13 bits per heavy atom. The molecule has 6 heteroatoms. The van der Waals surface area contributed by atoms with Crippen molar-refractivity contribution in [1.29, 1.82) is 0 Å². The van der Waals surface area contributed by atoms with Crippen LogP contribution in [0.2, 0.25) is 0 Å². The number of hydrogen-bond donors (Lipinski definition) is 1. The lowest BCUT2D eigenvalue weighted by molar-refractivity contribution is -0.144. The quantitative estimate of drug-likeness (QED) is 0.837. The molecule has 1 amide bonds. The third kappa shape index (κ3) is 6.50. The topological polar surface area (TPSA) is 81.7 Å².